The molecule has 1 N–H and O–H groups in total. The molecule has 2 heterocycles. The molecule has 19 heavy (non-hydrogen) atoms. The van der Waals surface area contributed by atoms with E-state index in [1.807, 2.05) is 12.1 Å². The molecule has 2 atom stereocenters. The molecule has 0 saturated carbocycles. The van der Waals surface area contributed by atoms with Crippen molar-refractivity contribution in [3.05, 3.63) is 29.8 Å². The van der Waals surface area contributed by atoms with Crippen LogP contribution in [0, 0.1) is 0 Å². The predicted octanol–water partition coefficient (Wildman–Crippen LogP) is 2.62. The van der Waals surface area contributed by atoms with Gasteiger partial charge < -0.3 is 5.11 Å². The molecule has 2 fully saturated rings. The van der Waals surface area contributed by atoms with Gasteiger partial charge >= 0.3 is 0 Å². The Labute approximate surface area is 115 Å². The maximum atomic E-state index is 10.0. The van der Waals surface area contributed by atoms with Gasteiger partial charge in [0, 0.05) is 30.7 Å². The lowest BCUT2D eigenvalue weighted by Gasteiger charge is -2.31. The average molecular weight is 260 g/mol. The first kappa shape index (κ1) is 12.9. The predicted molar refractivity (Wildman–Crippen MR) is 77.3 cm³/mol. The smallest absolute Gasteiger partial charge is 0.120 e. The van der Waals surface area contributed by atoms with Gasteiger partial charge in [0.05, 0.1) is 0 Å². The molecule has 0 aromatic heterocycles. The Kier molecular flexibility index (Phi) is 3.76. The molecular weight excluding hydrogens is 236 g/mol. The number of nitrogens with zero attached hydrogens (tertiary/aromatic N) is 2. The van der Waals surface area contributed by atoms with Crippen molar-refractivity contribution in [2.45, 2.75) is 38.3 Å². The van der Waals surface area contributed by atoms with Crippen LogP contribution in [0.3, 0.4) is 0 Å². The molecule has 2 aliphatic rings. The minimum absolute atomic E-state index is 0.307. The summed E-state index contributed by atoms with van der Waals surface area (Å²) in [6, 6.07) is 8.80. The van der Waals surface area contributed by atoms with E-state index in [-0.39, 0.29) is 0 Å². The highest BCUT2D eigenvalue weighted by atomic mass is 16.3. The van der Waals surface area contributed by atoms with Gasteiger partial charge in [-0.3, -0.25) is 9.80 Å². The number of benzene rings is 1. The van der Waals surface area contributed by atoms with Crippen LogP contribution in [-0.2, 0) is 0 Å². The van der Waals surface area contributed by atoms with Crippen LogP contribution in [0.5, 0.6) is 5.75 Å². The molecule has 0 spiro atoms. The lowest BCUT2D eigenvalue weighted by molar-refractivity contribution is 0.180. The second-order valence-corrected chi connectivity index (χ2v) is 5.92. The van der Waals surface area contributed by atoms with Crippen LogP contribution < -0.4 is 0 Å². The fraction of sp³-hybridized carbons (Fsp3) is 0.625. The Hall–Kier alpha value is -1.06. The van der Waals surface area contributed by atoms with Crippen molar-refractivity contribution in [3.63, 3.8) is 0 Å². The molecule has 104 valence electrons. The molecule has 0 aliphatic carbocycles. The fourth-order valence-corrected chi connectivity index (χ4v) is 3.62. The zero-order valence-electron chi connectivity index (χ0n) is 11.8. The van der Waals surface area contributed by atoms with Crippen LogP contribution in [0.15, 0.2) is 24.3 Å². The molecule has 0 bridgehead atoms. The Bertz CT molecular complexity index is 435. The largest absolute Gasteiger partial charge is 0.508 e. The highest BCUT2D eigenvalue weighted by Gasteiger charge is 2.31. The Balaban J connectivity index is 1.76. The molecule has 2 saturated heterocycles. The zero-order chi connectivity index (χ0) is 13.2. The van der Waals surface area contributed by atoms with E-state index in [1.54, 1.807) is 6.07 Å². The lowest BCUT2D eigenvalue weighted by atomic mass is 10.0. The lowest BCUT2D eigenvalue weighted by Crippen LogP contribution is -2.37. The number of hydrogen-bond acceptors (Lipinski definition) is 3. The van der Waals surface area contributed by atoms with E-state index in [0.717, 1.165) is 24.7 Å². The first-order valence-electron chi connectivity index (χ1n) is 7.51. The monoisotopic (exact) mass is 260 g/mol. The molecule has 0 radical (unpaired) electrons. The van der Waals surface area contributed by atoms with Crippen molar-refractivity contribution in [1.29, 1.82) is 0 Å². The van der Waals surface area contributed by atoms with E-state index in [0.29, 0.717) is 11.8 Å². The van der Waals surface area contributed by atoms with Crippen LogP contribution in [-0.4, -0.2) is 47.1 Å². The quantitative estimate of drug-likeness (QED) is 0.885. The molecule has 1 aromatic rings. The second-order valence-electron chi connectivity index (χ2n) is 5.92. The number of aromatic hydroxyl groups is 1. The summed E-state index contributed by atoms with van der Waals surface area (Å²) in [6.45, 7) is 7.04. The summed E-state index contributed by atoms with van der Waals surface area (Å²) in [6.07, 6.45) is 3.93. The zero-order valence-corrected chi connectivity index (χ0v) is 11.8. The van der Waals surface area contributed by atoms with Crippen LogP contribution in [0.2, 0.25) is 0 Å². The van der Waals surface area contributed by atoms with E-state index in [1.165, 1.54) is 32.4 Å². The van der Waals surface area contributed by atoms with Crippen molar-refractivity contribution in [1.82, 2.24) is 9.80 Å². The molecule has 3 nitrogen and oxygen atoms in total. The Morgan fingerprint density at radius 2 is 1.95 bits per heavy atom. The summed E-state index contributed by atoms with van der Waals surface area (Å²) in [4.78, 5) is 5.20. The van der Waals surface area contributed by atoms with E-state index in [9.17, 15) is 5.11 Å². The minimum Gasteiger partial charge on any atom is -0.508 e. The number of fused-ring (bicyclic) bond motifs is 1. The summed E-state index contributed by atoms with van der Waals surface area (Å²) in [5, 5.41) is 10.0. The first-order chi connectivity index (χ1) is 9.25. The van der Waals surface area contributed by atoms with Gasteiger partial charge in [0.25, 0.3) is 0 Å². The van der Waals surface area contributed by atoms with Crippen molar-refractivity contribution >= 4 is 0 Å². The summed E-state index contributed by atoms with van der Waals surface area (Å²) in [5.41, 5.74) is 1.06. The molecule has 0 amide bonds. The Morgan fingerprint density at radius 1 is 1.16 bits per heavy atom. The van der Waals surface area contributed by atoms with E-state index < -0.39 is 0 Å². The SMILES string of the molecule is CC(c1ccccc1O)N1CCCN2CCCC2C1. The summed E-state index contributed by atoms with van der Waals surface area (Å²) in [5.74, 6) is 0.433. The highest BCUT2D eigenvalue weighted by molar-refractivity contribution is 5.34. The summed E-state index contributed by atoms with van der Waals surface area (Å²) >= 11 is 0. The number of phenols is 1. The summed E-state index contributed by atoms with van der Waals surface area (Å²) < 4.78 is 0. The van der Waals surface area contributed by atoms with Crippen molar-refractivity contribution in [3.8, 4) is 5.75 Å². The molecule has 1 aromatic carbocycles. The minimum atomic E-state index is 0.307. The topological polar surface area (TPSA) is 26.7 Å². The molecule has 3 rings (SSSR count). The van der Waals surface area contributed by atoms with E-state index in [2.05, 4.69) is 22.8 Å². The second kappa shape index (κ2) is 5.51. The van der Waals surface area contributed by atoms with Gasteiger partial charge in [-0.1, -0.05) is 18.2 Å². The normalized spacial score (nSPS) is 26.9. The molecule has 2 aliphatic heterocycles. The van der Waals surface area contributed by atoms with Gasteiger partial charge in [-0.2, -0.15) is 0 Å². The third-order valence-electron chi connectivity index (χ3n) is 4.77. The van der Waals surface area contributed by atoms with Crippen LogP contribution >= 0.6 is 0 Å². The van der Waals surface area contributed by atoms with Gasteiger partial charge in [-0.15, -0.1) is 0 Å². The van der Waals surface area contributed by atoms with E-state index in [4.69, 9.17) is 0 Å². The van der Waals surface area contributed by atoms with Crippen LogP contribution in [0.1, 0.15) is 37.8 Å². The van der Waals surface area contributed by atoms with Gasteiger partial charge in [-0.05, 0) is 45.3 Å². The van der Waals surface area contributed by atoms with Gasteiger partial charge in [0.1, 0.15) is 5.75 Å². The van der Waals surface area contributed by atoms with Gasteiger partial charge in [0.15, 0.2) is 0 Å². The van der Waals surface area contributed by atoms with Crippen molar-refractivity contribution < 1.29 is 5.11 Å². The third kappa shape index (κ3) is 2.63. The number of hydrogen-bond donors (Lipinski definition) is 1. The maximum absolute atomic E-state index is 10.0. The van der Waals surface area contributed by atoms with Gasteiger partial charge in [-0.25, -0.2) is 0 Å². The van der Waals surface area contributed by atoms with E-state index >= 15 is 0 Å². The number of para-hydroxylation sites is 1. The van der Waals surface area contributed by atoms with Gasteiger partial charge in [0.2, 0.25) is 0 Å². The van der Waals surface area contributed by atoms with Crippen LogP contribution in [0.25, 0.3) is 0 Å². The van der Waals surface area contributed by atoms with Crippen molar-refractivity contribution in [2.24, 2.45) is 0 Å². The average Bonchev–Trinajstić information content (AvgIpc) is 2.76. The third-order valence-corrected chi connectivity index (χ3v) is 4.77. The Morgan fingerprint density at radius 3 is 2.79 bits per heavy atom. The molecule has 3 heteroatoms. The summed E-state index contributed by atoms with van der Waals surface area (Å²) in [7, 11) is 0. The molecule has 2 unspecified atom stereocenters. The standard InChI is InChI=1S/C16H24N2O/c1-13(15-7-2-3-8-16(15)19)18-11-5-10-17-9-4-6-14(17)12-18/h2-3,7-8,13-14,19H,4-6,9-12H2,1H3. The highest BCUT2D eigenvalue weighted by Crippen LogP contribution is 2.31. The first-order valence-corrected chi connectivity index (χ1v) is 7.51. The number of rotatable bonds is 2. The molecular formula is C16H24N2O. The number of phenolic OH excluding ortho intramolecular Hbond substituents is 1. The fourth-order valence-electron chi connectivity index (χ4n) is 3.62. The van der Waals surface area contributed by atoms with Crippen molar-refractivity contribution in [2.75, 3.05) is 26.2 Å². The van der Waals surface area contributed by atoms with Crippen LogP contribution in [0.4, 0.5) is 0 Å². The maximum Gasteiger partial charge on any atom is 0.120 e.